The van der Waals surface area contributed by atoms with Crippen LogP contribution < -0.4 is 5.73 Å². The van der Waals surface area contributed by atoms with Crippen molar-refractivity contribution in [2.75, 3.05) is 0 Å². The van der Waals surface area contributed by atoms with Crippen LogP contribution in [0.4, 0.5) is 0 Å². The number of rotatable bonds is 7. The Morgan fingerprint density at radius 1 is 1.14 bits per heavy atom. The normalized spacial score (nSPS) is 16.7. The molecule has 0 aliphatic carbocycles. The number of hydrogen-bond donors (Lipinski definition) is 2. The number of aliphatic hydroxyl groups excluding tert-OH is 1. The lowest BCUT2D eigenvalue weighted by Gasteiger charge is -2.21. The Morgan fingerprint density at radius 2 is 1.67 bits per heavy atom. The minimum absolute atomic E-state index is 0.133. The fourth-order valence-corrected chi connectivity index (χ4v) is 3.26. The maximum Gasteiger partial charge on any atom is 0.180 e. The fourth-order valence-electron chi connectivity index (χ4n) is 2.20. The van der Waals surface area contributed by atoms with Gasteiger partial charge in [0.15, 0.2) is 9.84 Å². The van der Waals surface area contributed by atoms with Gasteiger partial charge < -0.3 is 10.8 Å². The lowest BCUT2D eigenvalue weighted by Crippen LogP contribution is -2.34. The van der Waals surface area contributed by atoms with E-state index in [2.05, 4.69) is 0 Å². The topological polar surface area (TPSA) is 80.4 Å². The van der Waals surface area contributed by atoms with Crippen LogP contribution in [0.5, 0.6) is 0 Å². The molecule has 3 N–H and O–H groups in total. The van der Waals surface area contributed by atoms with E-state index >= 15 is 0 Å². The Balaban J connectivity index is 2.83. The van der Waals surface area contributed by atoms with E-state index in [9.17, 15) is 13.5 Å². The molecule has 5 heteroatoms. The monoisotopic (exact) mass is 313 g/mol. The molecule has 0 bridgehead atoms. The molecule has 4 nitrogen and oxygen atoms in total. The van der Waals surface area contributed by atoms with E-state index < -0.39 is 21.2 Å². The number of sulfone groups is 1. The molecule has 0 saturated carbocycles. The molecule has 0 radical (unpaired) electrons. The third-order valence-electron chi connectivity index (χ3n) is 3.96. The average Bonchev–Trinajstić information content (AvgIpc) is 2.46. The Labute approximate surface area is 128 Å². The van der Waals surface area contributed by atoms with Gasteiger partial charge in [-0.15, -0.1) is 0 Å². The van der Waals surface area contributed by atoms with Crippen molar-refractivity contribution < 1.29 is 13.5 Å². The molecule has 21 heavy (non-hydrogen) atoms. The van der Waals surface area contributed by atoms with Crippen molar-refractivity contribution in [1.82, 2.24) is 0 Å². The second-order valence-corrected chi connectivity index (χ2v) is 8.44. The molecule has 1 rings (SSSR count). The van der Waals surface area contributed by atoms with Gasteiger partial charge >= 0.3 is 0 Å². The van der Waals surface area contributed by atoms with Gasteiger partial charge in [0.1, 0.15) is 0 Å². The predicted octanol–water partition coefficient (Wildman–Crippen LogP) is 2.46. The third kappa shape index (κ3) is 4.53. The quantitative estimate of drug-likeness (QED) is 0.810. The third-order valence-corrected chi connectivity index (χ3v) is 6.13. The highest BCUT2D eigenvalue weighted by molar-refractivity contribution is 7.92. The van der Waals surface area contributed by atoms with Gasteiger partial charge in [0.25, 0.3) is 0 Å². The average molecular weight is 313 g/mol. The summed E-state index contributed by atoms with van der Waals surface area (Å²) in [5, 5.41) is 9.56. The van der Waals surface area contributed by atoms with Crippen LogP contribution in [0.1, 0.15) is 52.0 Å². The van der Waals surface area contributed by atoms with Crippen molar-refractivity contribution >= 4 is 9.84 Å². The molecule has 0 heterocycles. The predicted molar refractivity (Wildman–Crippen MR) is 86.1 cm³/mol. The lowest BCUT2D eigenvalue weighted by atomic mass is 9.92. The van der Waals surface area contributed by atoms with E-state index in [0.29, 0.717) is 11.3 Å². The van der Waals surface area contributed by atoms with Gasteiger partial charge in [0, 0.05) is 6.04 Å². The maximum atomic E-state index is 12.1. The summed E-state index contributed by atoms with van der Waals surface area (Å²) in [5.41, 5.74) is 6.84. The van der Waals surface area contributed by atoms with Crippen LogP contribution in [0.15, 0.2) is 29.2 Å². The molecule has 0 aromatic heterocycles. The van der Waals surface area contributed by atoms with Crippen molar-refractivity contribution in [3.63, 3.8) is 0 Å². The summed E-state index contributed by atoms with van der Waals surface area (Å²) < 4.78 is 24.1. The van der Waals surface area contributed by atoms with Gasteiger partial charge in [-0.1, -0.05) is 26.0 Å². The minimum Gasteiger partial charge on any atom is -0.391 e. The summed E-state index contributed by atoms with van der Waals surface area (Å²) in [4.78, 5) is 0.347. The summed E-state index contributed by atoms with van der Waals surface area (Å²) in [6, 6.07) is 6.72. The summed E-state index contributed by atoms with van der Waals surface area (Å²) in [6.45, 7) is 7.31. The van der Waals surface area contributed by atoms with Crippen LogP contribution in [0.2, 0.25) is 0 Å². The molecule has 3 atom stereocenters. The highest BCUT2D eigenvalue weighted by Crippen LogP contribution is 2.24. The Hall–Kier alpha value is -0.910. The first-order chi connectivity index (χ1) is 9.70. The first-order valence-electron chi connectivity index (χ1n) is 7.47. The highest BCUT2D eigenvalue weighted by atomic mass is 32.2. The van der Waals surface area contributed by atoms with Crippen LogP contribution in [-0.4, -0.2) is 30.9 Å². The molecule has 3 unspecified atom stereocenters. The van der Waals surface area contributed by atoms with Gasteiger partial charge in [0.05, 0.1) is 16.2 Å². The van der Waals surface area contributed by atoms with Crippen molar-refractivity contribution in [1.29, 1.82) is 0 Å². The zero-order chi connectivity index (χ0) is 16.2. The van der Waals surface area contributed by atoms with Gasteiger partial charge in [-0.05, 0) is 50.3 Å². The zero-order valence-corrected chi connectivity index (χ0v) is 14.1. The first-order valence-corrected chi connectivity index (χ1v) is 9.02. The largest absolute Gasteiger partial charge is 0.391 e. The Bertz CT molecular complexity index is 537. The van der Waals surface area contributed by atoms with Crippen LogP contribution in [0.3, 0.4) is 0 Å². The SMILES string of the molecule is CCC(N)C(O)CC(C)c1ccc(S(=O)(=O)C(C)C)cc1. The highest BCUT2D eigenvalue weighted by Gasteiger charge is 2.20. The zero-order valence-electron chi connectivity index (χ0n) is 13.3. The number of nitrogens with two attached hydrogens (primary N) is 1. The molecule has 0 aliphatic rings. The van der Waals surface area contributed by atoms with Crippen LogP contribution in [-0.2, 0) is 9.84 Å². The second-order valence-electron chi connectivity index (χ2n) is 5.94. The van der Waals surface area contributed by atoms with E-state index in [1.54, 1.807) is 26.0 Å². The van der Waals surface area contributed by atoms with Crippen molar-refractivity contribution in [2.45, 2.75) is 68.7 Å². The summed E-state index contributed by atoms with van der Waals surface area (Å²) in [6.07, 6.45) is 0.772. The summed E-state index contributed by atoms with van der Waals surface area (Å²) >= 11 is 0. The van der Waals surface area contributed by atoms with Gasteiger partial charge in [-0.25, -0.2) is 8.42 Å². The van der Waals surface area contributed by atoms with Crippen LogP contribution >= 0.6 is 0 Å². The van der Waals surface area contributed by atoms with Gasteiger partial charge in [-0.2, -0.15) is 0 Å². The van der Waals surface area contributed by atoms with Crippen molar-refractivity contribution in [3.05, 3.63) is 29.8 Å². The second kappa shape index (κ2) is 7.38. The van der Waals surface area contributed by atoms with Crippen molar-refractivity contribution in [2.24, 2.45) is 5.73 Å². The number of aliphatic hydroxyl groups is 1. The minimum atomic E-state index is -3.23. The Morgan fingerprint density at radius 3 is 2.10 bits per heavy atom. The van der Waals surface area contributed by atoms with Gasteiger partial charge in [-0.3, -0.25) is 0 Å². The molecule has 120 valence electrons. The molecular formula is C16H27NO3S. The molecule has 1 aromatic rings. The fraction of sp³-hybridized carbons (Fsp3) is 0.625. The van der Waals surface area contributed by atoms with E-state index in [0.717, 1.165) is 12.0 Å². The lowest BCUT2D eigenvalue weighted by molar-refractivity contribution is 0.126. The molecule has 0 amide bonds. The molecule has 1 aromatic carbocycles. The first kappa shape index (κ1) is 18.1. The standard InChI is InChI=1S/C16H27NO3S/c1-5-15(17)16(18)10-12(4)13-6-8-14(9-7-13)21(19,20)11(2)3/h6-9,11-12,15-16,18H,5,10,17H2,1-4H3. The molecule has 0 aliphatic heterocycles. The van der Waals surface area contributed by atoms with E-state index in [-0.39, 0.29) is 12.0 Å². The molecule has 0 saturated heterocycles. The molecule has 0 fully saturated rings. The summed E-state index contributed by atoms with van der Waals surface area (Å²) in [7, 11) is -3.23. The van der Waals surface area contributed by atoms with E-state index in [4.69, 9.17) is 5.73 Å². The Kier molecular flexibility index (Phi) is 6.38. The van der Waals surface area contributed by atoms with Gasteiger partial charge in [0.2, 0.25) is 0 Å². The molecule has 0 spiro atoms. The van der Waals surface area contributed by atoms with Crippen molar-refractivity contribution in [3.8, 4) is 0 Å². The molecular weight excluding hydrogens is 286 g/mol. The van der Waals surface area contributed by atoms with Crippen LogP contribution in [0, 0.1) is 0 Å². The van der Waals surface area contributed by atoms with E-state index in [1.165, 1.54) is 0 Å². The smallest absolute Gasteiger partial charge is 0.180 e. The number of hydrogen-bond acceptors (Lipinski definition) is 4. The summed E-state index contributed by atoms with van der Waals surface area (Å²) in [5.74, 6) is 0.133. The number of benzene rings is 1. The van der Waals surface area contributed by atoms with E-state index in [1.807, 2.05) is 26.0 Å². The van der Waals surface area contributed by atoms with Crippen LogP contribution in [0.25, 0.3) is 0 Å². The maximum absolute atomic E-state index is 12.1.